The fourth-order valence-corrected chi connectivity index (χ4v) is 3.01. The van der Waals surface area contributed by atoms with Crippen LogP contribution in [0.5, 0.6) is 0 Å². The van der Waals surface area contributed by atoms with Gasteiger partial charge in [-0.05, 0) is 36.0 Å². The third-order valence-corrected chi connectivity index (χ3v) is 4.49. The maximum absolute atomic E-state index is 10.8. The van der Waals surface area contributed by atoms with Crippen molar-refractivity contribution in [1.29, 1.82) is 0 Å². The fraction of sp³-hybridized carbons (Fsp3) is 0.0476. The van der Waals surface area contributed by atoms with E-state index in [2.05, 4.69) is 15.6 Å². The van der Waals surface area contributed by atoms with Gasteiger partial charge in [-0.2, -0.15) is 0 Å². The first kappa shape index (κ1) is 20.4. The molecule has 0 unspecified atom stereocenters. The molecule has 0 aliphatic heterocycles. The second-order valence-corrected chi connectivity index (χ2v) is 6.63. The van der Waals surface area contributed by atoms with Crippen LogP contribution >= 0.6 is 23.8 Å². The molecule has 0 saturated heterocycles. The summed E-state index contributed by atoms with van der Waals surface area (Å²) in [6.45, 7) is 0. The van der Waals surface area contributed by atoms with Crippen LogP contribution in [0.15, 0.2) is 83.9 Å². The van der Waals surface area contributed by atoms with Crippen molar-refractivity contribution in [3.05, 3.63) is 100 Å². The number of hydrogen-bond donors (Lipinski definition) is 2. The lowest BCUT2D eigenvalue weighted by Gasteiger charge is -2.14. The summed E-state index contributed by atoms with van der Waals surface area (Å²) >= 11 is 11.4. The van der Waals surface area contributed by atoms with E-state index < -0.39 is 4.92 Å². The number of benzene rings is 3. The minimum Gasteiger partial charge on any atom is -0.339 e. The van der Waals surface area contributed by atoms with Crippen LogP contribution < -0.4 is 10.6 Å². The first-order valence-corrected chi connectivity index (χ1v) is 9.61. The number of anilines is 2. The summed E-state index contributed by atoms with van der Waals surface area (Å²) in [5.41, 5.74) is 3.24. The van der Waals surface area contributed by atoms with E-state index in [0.29, 0.717) is 17.4 Å². The highest BCUT2D eigenvalue weighted by atomic mass is 35.5. The summed E-state index contributed by atoms with van der Waals surface area (Å²) < 4.78 is 0. The molecule has 8 heteroatoms. The number of amidine groups is 1. The molecule has 0 spiro atoms. The van der Waals surface area contributed by atoms with Gasteiger partial charge in [-0.3, -0.25) is 10.1 Å². The summed E-state index contributed by atoms with van der Waals surface area (Å²) in [5, 5.41) is 17.3. The van der Waals surface area contributed by atoms with E-state index >= 15 is 0 Å². The normalized spacial score (nSPS) is 11.0. The molecule has 0 aliphatic carbocycles. The second kappa shape index (κ2) is 9.77. The number of halogens is 1. The van der Waals surface area contributed by atoms with E-state index in [0.717, 1.165) is 16.8 Å². The van der Waals surface area contributed by atoms with Crippen LogP contribution in [0.1, 0.15) is 11.1 Å². The van der Waals surface area contributed by atoms with E-state index in [4.69, 9.17) is 23.8 Å². The summed E-state index contributed by atoms with van der Waals surface area (Å²) in [4.78, 5) is 14.8. The van der Waals surface area contributed by atoms with Crippen LogP contribution in [-0.4, -0.2) is 15.9 Å². The molecule has 0 atom stereocenters. The largest absolute Gasteiger partial charge is 0.339 e. The number of nitrogens with one attached hydrogen (secondary N) is 2. The molecule has 0 fully saturated rings. The number of alkyl halides is 1. The van der Waals surface area contributed by atoms with Gasteiger partial charge in [0.2, 0.25) is 0 Å². The molecule has 6 nitrogen and oxygen atoms in total. The van der Waals surface area contributed by atoms with Crippen molar-refractivity contribution in [2.45, 2.75) is 5.88 Å². The highest BCUT2D eigenvalue weighted by molar-refractivity contribution is 7.80. The number of non-ortho nitro benzene ring substituents is 1. The van der Waals surface area contributed by atoms with Crippen LogP contribution in [0.4, 0.5) is 17.1 Å². The molecule has 2 N–H and O–H groups in total. The van der Waals surface area contributed by atoms with E-state index in [1.54, 1.807) is 12.1 Å². The number of nitro groups is 1. The standard InChI is InChI=1S/C21H17ClN4O2S/c22-14-16-8-4-5-9-19(16)24-20(15-6-2-1-3-7-15)25-21(29)23-17-10-12-18(13-11-17)26(27)28/h1-13H,14H2,(H2,23,24,25,29). The molecule has 29 heavy (non-hydrogen) atoms. The summed E-state index contributed by atoms with van der Waals surface area (Å²) in [5.74, 6) is 0.916. The number of nitrogens with zero attached hydrogens (tertiary/aromatic N) is 2. The topological polar surface area (TPSA) is 79.6 Å². The van der Waals surface area contributed by atoms with Crippen LogP contribution in [0.25, 0.3) is 0 Å². The van der Waals surface area contributed by atoms with Crippen molar-refractivity contribution in [2.75, 3.05) is 10.6 Å². The molecule has 3 aromatic carbocycles. The molecule has 0 radical (unpaired) electrons. The van der Waals surface area contributed by atoms with Gasteiger partial charge in [0.05, 0.1) is 4.92 Å². The summed E-state index contributed by atoms with van der Waals surface area (Å²) in [7, 11) is 0. The van der Waals surface area contributed by atoms with Crippen LogP contribution in [0.2, 0.25) is 0 Å². The highest BCUT2D eigenvalue weighted by Gasteiger charge is 2.09. The zero-order valence-corrected chi connectivity index (χ0v) is 16.8. The zero-order valence-electron chi connectivity index (χ0n) is 15.2. The van der Waals surface area contributed by atoms with Crippen LogP contribution in [0.3, 0.4) is 0 Å². The average molecular weight is 425 g/mol. The Kier molecular flexibility index (Phi) is 6.89. The molecule has 0 aliphatic rings. The molecule has 0 saturated carbocycles. The van der Waals surface area contributed by atoms with Gasteiger partial charge in [0.1, 0.15) is 5.84 Å². The van der Waals surface area contributed by atoms with Gasteiger partial charge in [0, 0.05) is 35.0 Å². The van der Waals surface area contributed by atoms with Gasteiger partial charge < -0.3 is 10.6 Å². The molecule has 0 amide bonds. The molecule has 0 heterocycles. The van der Waals surface area contributed by atoms with Crippen molar-refractivity contribution in [1.82, 2.24) is 0 Å². The number of para-hydroxylation sites is 1. The van der Waals surface area contributed by atoms with Gasteiger partial charge in [0.15, 0.2) is 5.11 Å². The van der Waals surface area contributed by atoms with Gasteiger partial charge in [0.25, 0.3) is 5.69 Å². The summed E-state index contributed by atoms with van der Waals surface area (Å²) in [6, 6.07) is 23.2. The minimum atomic E-state index is -0.452. The molecular formula is C21H17ClN4O2S. The Morgan fingerprint density at radius 1 is 0.966 bits per heavy atom. The monoisotopic (exact) mass is 424 g/mol. The van der Waals surface area contributed by atoms with Crippen LogP contribution in [-0.2, 0) is 5.88 Å². The lowest BCUT2D eigenvalue weighted by atomic mass is 10.1. The average Bonchev–Trinajstić information content (AvgIpc) is 2.74. The highest BCUT2D eigenvalue weighted by Crippen LogP contribution is 2.19. The SMILES string of the molecule is O=[N+]([O-])c1ccc(NC(=S)/N=C(/Nc2ccccc2CCl)c2ccccc2)cc1. The summed E-state index contributed by atoms with van der Waals surface area (Å²) in [6.07, 6.45) is 0. The Morgan fingerprint density at radius 2 is 1.62 bits per heavy atom. The van der Waals surface area contributed by atoms with E-state index in [1.807, 2.05) is 54.6 Å². The Balaban J connectivity index is 1.86. The Morgan fingerprint density at radius 3 is 2.28 bits per heavy atom. The van der Waals surface area contributed by atoms with E-state index in [-0.39, 0.29) is 10.8 Å². The quantitative estimate of drug-likeness (QED) is 0.139. The lowest BCUT2D eigenvalue weighted by Crippen LogP contribution is -2.19. The van der Waals surface area contributed by atoms with Crippen molar-refractivity contribution in [3.8, 4) is 0 Å². The smallest absolute Gasteiger partial charge is 0.269 e. The minimum absolute atomic E-state index is 0.00860. The maximum Gasteiger partial charge on any atom is 0.269 e. The second-order valence-electron chi connectivity index (χ2n) is 5.98. The third kappa shape index (κ3) is 5.60. The number of rotatable bonds is 5. The Hall–Kier alpha value is -3.29. The van der Waals surface area contributed by atoms with Crippen molar-refractivity contribution in [2.24, 2.45) is 4.99 Å². The number of nitro benzene ring substituents is 1. The zero-order chi connectivity index (χ0) is 20.6. The van der Waals surface area contributed by atoms with Crippen molar-refractivity contribution < 1.29 is 4.92 Å². The molecular weight excluding hydrogens is 408 g/mol. The predicted molar refractivity (Wildman–Crippen MR) is 122 cm³/mol. The number of hydrogen-bond acceptors (Lipinski definition) is 3. The first-order valence-electron chi connectivity index (χ1n) is 8.67. The predicted octanol–water partition coefficient (Wildman–Crippen LogP) is 5.59. The molecule has 0 aromatic heterocycles. The van der Waals surface area contributed by atoms with Crippen LogP contribution in [0, 0.1) is 10.1 Å². The molecule has 3 aromatic rings. The lowest BCUT2D eigenvalue weighted by molar-refractivity contribution is -0.384. The Bertz CT molecular complexity index is 1040. The first-order chi connectivity index (χ1) is 14.1. The molecule has 0 bridgehead atoms. The fourth-order valence-electron chi connectivity index (χ4n) is 2.57. The third-order valence-electron chi connectivity index (χ3n) is 4.00. The molecule has 3 rings (SSSR count). The number of thiocarbonyl (C=S) groups is 1. The van der Waals surface area contributed by atoms with Crippen molar-refractivity contribution in [3.63, 3.8) is 0 Å². The van der Waals surface area contributed by atoms with E-state index in [9.17, 15) is 10.1 Å². The number of aliphatic imine (C=N–C) groups is 1. The van der Waals surface area contributed by atoms with Gasteiger partial charge >= 0.3 is 0 Å². The van der Waals surface area contributed by atoms with Gasteiger partial charge in [-0.1, -0.05) is 48.5 Å². The maximum atomic E-state index is 10.8. The van der Waals surface area contributed by atoms with Crippen molar-refractivity contribution >= 4 is 51.8 Å². The van der Waals surface area contributed by atoms with Gasteiger partial charge in [-0.25, -0.2) is 4.99 Å². The van der Waals surface area contributed by atoms with E-state index in [1.165, 1.54) is 12.1 Å². The van der Waals surface area contributed by atoms with Gasteiger partial charge in [-0.15, -0.1) is 11.6 Å². The Labute approximate surface area is 178 Å². The molecule has 146 valence electrons.